The number of rotatable bonds is 4. The van der Waals surface area contributed by atoms with Gasteiger partial charge in [-0.05, 0) is 30.3 Å². The third kappa shape index (κ3) is 2.81. The van der Waals surface area contributed by atoms with Crippen molar-refractivity contribution in [2.75, 3.05) is 34.4 Å². The number of nitrogens with zero attached hydrogens (tertiary/aromatic N) is 1. The lowest BCUT2D eigenvalue weighted by atomic mass is 9.84. The SMILES string of the molecule is COc1ccc([C@@H]2CN(C)C[C@H]2c2ccccc2)cc1OC. The first-order valence-corrected chi connectivity index (χ1v) is 7.68. The van der Waals surface area contributed by atoms with E-state index in [1.807, 2.05) is 6.07 Å². The van der Waals surface area contributed by atoms with Gasteiger partial charge in [0.2, 0.25) is 0 Å². The number of benzene rings is 2. The van der Waals surface area contributed by atoms with Gasteiger partial charge in [0.1, 0.15) is 0 Å². The minimum Gasteiger partial charge on any atom is -0.493 e. The van der Waals surface area contributed by atoms with E-state index in [2.05, 4.69) is 54.4 Å². The molecule has 0 N–H and O–H groups in total. The van der Waals surface area contributed by atoms with Crippen molar-refractivity contribution in [3.63, 3.8) is 0 Å². The van der Waals surface area contributed by atoms with Crippen LogP contribution in [0.15, 0.2) is 48.5 Å². The first-order valence-electron chi connectivity index (χ1n) is 7.68. The first-order chi connectivity index (χ1) is 10.7. The van der Waals surface area contributed by atoms with Gasteiger partial charge in [-0.15, -0.1) is 0 Å². The van der Waals surface area contributed by atoms with Crippen molar-refractivity contribution < 1.29 is 9.47 Å². The topological polar surface area (TPSA) is 21.7 Å². The van der Waals surface area contributed by atoms with E-state index in [1.165, 1.54) is 11.1 Å². The second-order valence-electron chi connectivity index (χ2n) is 5.96. The molecule has 3 heteroatoms. The van der Waals surface area contributed by atoms with E-state index in [0.29, 0.717) is 11.8 Å². The Morgan fingerprint density at radius 2 is 1.45 bits per heavy atom. The van der Waals surface area contributed by atoms with Gasteiger partial charge in [-0.1, -0.05) is 36.4 Å². The van der Waals surface area contributed by atoms with Crippen molar-refractivity contribution in [2.45, 2.75) is 11.8 Å². The largest absolute Gasteiger partial charge is 0.493 e. The molecule has 2 aromatic rings. The number of hydrogen-bond acceptors (Lipinski definition) is 3. The summed E-state index contributed by atoms with van der Waals surface area (Å²) in [7, 11) is 5.56. The quantitative estimate of drug-likeness (QED) is 0.862. The Labute approximate surface area is 132 Å². The molecule has 1 heterocycles. The fourth-order valence-corrected chi connectivity index (χ4v) is 3.46. The molecule has 0 radical (unpaired) electrons. The van der Waals surface area contributed by atoms with Crippen LogP contribution in [0.5, 0.6) is 11.5 Å². The van der Waals surface area contributed by atoms with E-state index in [4.69, 9.17) is 9.47 Å². The van der Waals surface area contributed by atoms with Gasteiger partial charge in [-0.3, -0.25) is 0 Å². The first kappa shape index (κ1) is 14.9. The smallest absolute Gasteiger partial charge is 0.160 e. The molecule has 3 nitrogen and oxygen atoms in total. The third-order valence-electron chi connectivity index (χ3n) is 4.57. The number of ether oxygens (including phenoxy) is 2. The normalized spacial score (nSPS) is 21.8. The molecular formula is C19H23NO2. The highest BCUT2D eigenvalue weighted by Gasteiger charge is 2.33. The molecule has 2 aromatic carbocycles. The van der Waals surface area contributed by atoms with Crippen LogP contribution in [0.1, 0.15) is 23.0 Å². The Kier molecular flexibility index (Phi) is 4.34. The molecule has 0 aromatic heterocycles. The van der Waals surface area contributed by atoms with Crippen molar-refractivity contribution in [3.8, 4) is 11.5 Å². The van der Waals surface area contributed by atoms with Crippen molar-refractivity contribution in [1.29, 1.82) is 0 Å². The van der Waals surface area contributed by atoms with Gasteiger partial charge in [-0.25, -0.2) is 0 Å². The lowest BCUT2D eigenvalue weighted by molar-refractivity contribution is 0.354. The Morgan fingerprint density at radius 1 is 0.818 bits per heavy atom. The molecule has 0 aliphatic carbocycles. The van der Waals surface area contributed by atoms with E-state index in [-0.39, 0.29) is 0 Å². The Morgan fingerprint density at radius 3 is 2.09 bits per heavy atom. The van der Waals surface area contributed by atoms with Crippen molar-refractivity contribution in [1.82, 2.24) is 4.90 Å². The summed E-state index contributed by atoms with van der Waals surface area (Å²) in [6.07, 6.45) is 0. The molecule has 1 saturated heterocycles. The molecule has 0 saturated carbocycles. The van der Waals surface area contributed by atoms with Crippen LogP contribution in [0.3, 0.4) is 0 Å². The Bertz CT molecular complexity index is 627. The lowest BCUT2D eigenvalue weighted by Gasteiger charge is -2.20. The van der Waals surface area contributed by atoms with Gasteiger partial charge in [0.05, 0.1) is 14.2 Å². The molecule has 116 valence electrons. The van der Waals surface area contributed by atoms with Crippen LogP contribution in [-0.4, -0.2) is 39.3 Å². The average molecular weight is 297 g/mol. The highest BCUT2D eigenvalue weighted by atomic mass is 16.5. The number of hydrogen-bond donors (Lipinski definition) is 0. The van der Waals surface area contributed by atoms with Gasteiger partial charge < -0.3 is 14.4 Å². The molecule has 0 bridgehead atoms. The molecule has 0 amide bonds. The van der Waals surface area contributed by atoms with E-state index in [0.717, 1.165) is 24.6 Å². The standard InChI is InChI=1S/C19H23NO2/c1-20-12-16(14-7-5-4-6-8-14)17(13-20)15-9-10-18(21-2)19(11-15)22-3/h4-11,16-17H,12-13H2,1-3H3/t16-,17-/m0/s1. The highest BCUT2D eigenvalue weighted by molar-refractivity contribution is 5.45. The Balaban J connectivity index is 1.95. The number of likely N-dealkylation sites (N-methyl/N-ethyl adjacent to an activating group) is 1. The maximum Gasteiger partial charge on any atom is 0.160 e. The summed E-state index contributed by atoms with van der Waals surface area (Å²) < 4.78 is 10.8. The third-order valence-corrected chi connectivity index (χ3v) is 4.57. The highest BCUT2D eigenvalue weighted by Crippen LogP contribution is 2.41. The van der Waals surface area contributed by atoms with Crippen molar-refractivity contribution in [3.05, 3.63) is 59.7 Å². The van der Waals surface area contributed by atoms with Crippen LogP contribution in [-0.2, 0) is 0 Å². The van der Waals surface area contributed by atoms with E-state index in [1.54, 1.807) is 14.2 Å². The van der Waals surface area contributed by atoms with Gasteiger partial charge in [0.15, 0.2) is 11.5 Å². The van der Waals surface area contributed by atoms with Crippen LogP contribution in [0.4, 0.5) is 0 Å². The van der Waals surface area contributed by atoms with Crippen LogP contribution < -0.4 is 9.47 Å². The van der Waals surface area contributed by atoms with Crippen LogP contribution in [0.2, 0.25) is 0 Å². The summed E-state index contributed by atoms with van der Waals surface area (Å²) in [5, 5.41) is 0. The van der Waals surface area contributed by atoms with Crippen LogP contribution in [0.25, 0.3) is 0 Å². The summed E-state index contributed by atoms with van der Waals surface area (Å²) in [6.45, 7) is 2.15. The Hall–Kier alpha value is -2.00. The zero-order valence-electron chi connectivity index (χ0n) is 13.5. The summed E-state index contributed by atoms with van der Waals surface area (Å²) >= 11 is 0. The van der Waals surface area contributed by atoms with Gasteiger partial charge in [0.25, 0.3) is 0 Å². The number of likely N-dealkylation sites (tertiary alicyclic amines) is 1. The molecule has 2 atom stereocenters. The predicted molar refractivity (Wildman–Crippen MR) is 89.0 cm³/mol. The summed E-state index contributed by atoms with van der Waals surface area (Å²) in [4.78, 5) is 2.40. The van der Waals surface area contributed by atoms with Crippen molar-refractivity contribution in [2.24, 2.45) is 0 Å². The minimum atomic E-state index is 0.479. The second kappa shape index (κ2) is 6.41. The van der Waals surface area contributed by atoms with Gasteiger partial charge >= 0.3 is 0 Å². The molecule has 0 spiro atoms. The fourth-order valence-electron chi connectivity index (χ4n) is 3.46. The molecule has 1 fully saturated rings. The summed E-state index contributed by atoms with van der Waals surface area (Å²) in [5.41, 5.74) is 2.72. The second-order valence-corrected chi connectivity index (χ2v) is 5.96. The van der Waals surface area contributed by atoms with Crippen molar-refractivity contribution >= 4 is 0 Å². The number of methoxy groups -OCH3 is 2. The minimum absolute atomic E-state index is 0.479. The zero-order valence-corrected chi connectivity index (χ0v) is 13.5. The van der Waals surface area contributed by atoms with Crippen LogP contribution >= 0.6 is 0 Å². The summed E-state index contributed by atoms with van der Waals surface area (Å²) in [6, 6.07) is 17.1. The molecule has 1 aliphatic heterocycles. The van der Waals surface area contributed by atoms with E-state index in [9.17, 15) is 0 Å². The maximum absolute atomic E-state index is 5.47. The van der Waals surface area contributed by atoms with Gasteiger partial charge in [-0.2, -0.15) is 0 Å². The monoisotopic (exact) mass is 297 g/mol. The van der Waals surface area contributed by atoms with E-state index < -0.39 is 0 Å². The molecule has 0 unspecified atom stereocenters. The molecule has 1 aliphatic rings. The van der Waals surface area contributed by atoms with Gasteiger partial charge in [0, 0.05) is 24.9 Å². The average Bonchev–Trinajstić information content (AvgIpc) is 2.97. The molecular weight excluding hydrogens is 274 g/mol. The lowest BCUT2D eigenvalue weighted by Crippen LogP contribution is -2.13. The fraction of sp³-hybridized carbons (Fsp3) is 0.368. The molecule has 22 heavy (non-hydrogen) atoms. The maximum atomic E-state index is 5.47. The predicted octanol–water partition coefficient (Wildman–Crippen LogP) is 3.52. The van der Waals surface area contributed by atoms with Crippen LogP contribution in [0, 0.1) is 0 Å². The molecule has 3 rings (SSSR count). The zero-order chi connectivity index (χ0) is 15.5. The summed E-state index contributed by atoms with van der Waals surface area (Å²) in [5.74, 6) is 2.59. The van der Waals surface area contributed by atoms with E-state index >= 15 is 0 Å².